The molecule has 0 saturated carbocycles. The molecule has 0 bridgehead atoms. The number of fused-ring (bicyclic) bond motifs is 2. The van der Waals surface area contributed by atoms with E-state index >= 15 is 0 Å². The molecule has 2 N–H and O–H groups in total. The number of carbonyl (C=O) groups excluding carboxylic acids is 1. The number of hydrogen-bond donors (Lipinski definition) is 2. The van der Waals surface area contributed by atoms with Crippen molar-refractivity contribution >= 4 is 38.3 Å². The number of pyridine rings is 2. The monoisotopic (exact) mass is 486 g/mol. The van der Waals surface area contributed by atoms with Crippen LogP contribution in [-0.2, 0) is 34.2 Å². The Morgan fingerprint density at radius 2 is 1.97 bits per heavy atom. The van der Waals surface area contributed by atoms with Gasteiger partial charge in [-0.3, -0.25) is 9.10 Å². The molecule has 0 aliphatic heterocycles. The van der Waals surface area contributed by atoms with Gasteiger partial charge >= 0.3 is 0 Å². The zero-order valence-electron chi connectivity index (χ0n) is 19.2. The fraction of sp³-hybridized carbons (Fsp3) is 0.200. The number of aromatic amines is 1. The van der Waals surface area contributed by atoms with Crippen LogP contribution in [0.1, 0.15) is 22.3 Å². The van der Waals surface area contributed by atoms with Crippen LogP contribution >= 0.6 is 0 Å². The predicted octanol–water partition coefficient (Wildman–Crippen LogP) is 3.17. The minimum Gasteiger partial charge on any atom is -0.379 e. The molecule has 5 rings (SSSR count). The van der Waals surface area contributed by atoms with Crippen molar-refractivity contribution in [1.82, 2.24) is 15.0 Å². The Hall–Kier alpha value is -4.23. The number of anilines is 2. The second-order valence-corrected chi connectivity index (χ2v) is 10.6. The number of H-pyrrole nitrogens is 1. The number of ketones is 1. The summed E-state index contributed by atoms with van der Waals surface area (Å²) in [6, 6.07) is 13.6. The first-order valence-corrected chi connectivity index (χ1v) is 12.8. The molecule has 1 aromatic carbocycles. The quantitative estimate of drug-likeness (QED) is 0.428. The minimum absolute atomic E-state index is 0.219. The van der Waals surface area contributed by atoms with Crippen molar-refractivity contribution in [3.8, 4) is 17.3 Å². The number of carbonyl (C=O) groups is 1. The van der Waals surface area contributed by atoms with E-state index in [9.17, 15) is 18.5 Å². The van der Waals surface area contributed by atoms with Gasteiger partial charge in [-0.05, 0) is 34.9 Å². The number of benzene rings is 1. The van der Waals surface area contributed by atoms with Gasteiger partial charge in [0.15, 0.2) is 0 Å². The zero-order valence-corrected chi connectivity index (χ0v) is 20.0. The van der Waals surface area contributed by atoms with Crippen molar-refractivity contribution in [2.24, 2.45) is 0 Å². The topological polar surface area (TPSA) is 132 Å². The highest BCUT2D eigenvalue weighted by Crippen LogP contribution is 2.33. The zero-order chi connectivity index (χ0) is 24.7. The van der Waals surface area contributed by atoms with Gasteiger partial charge in [0.25, 0.3) is 0 Å². The number of nitrogens with one attached hydrogen (secondary N) is 2. The highest BCUT2D eigenvalue weighted by Gasteiger charge is 2.20. The van der Waals surface area contributed by atoms with E-state index in [0.29, 0.717) is 41.1 Å². The first-order chi connectivity index (χ1) is 16.7. The summed E-state index contributed by atoms with van der Waals surface area (Å²) in [6.07, 6.45) is 5.08. The number of sulfonamides is 1. The minimum atomic E-state index is -3.49. The molecular formula is C25H22N6O3S. The molecule has 0 atom stereocenters. The lowest BCUT2D eigenvalue weighted by atomic mass is 10.0. The van der Waals surface area contributed by atoms with Crippen molar-refractivity contribution in [3.63, 3.8) is 0 Å². The molecule has 9 nitrogen and oxygen atoms in total. The van der Waals surface area contributed by atoms with Gasteiger partial charge in [0.05, 0.1) is 17.5 Å². The fourth-order valence-electron chi connectivity index (χ4n) is 4.32. The van der Waals surface area contributed by atoms with Gasteiger partial charge < -0.3 is 10.3 Å². The van der Waals surface area contributed by atoms with Gasteiger partial charge in [-0.15, -0.1) is 0 Å². The van der Waals surface area contributed by atoms with Crippen molar-refractivity contribution in [1.29, 1.82) is 5.26 Å². The molecule has 176 valence electrons. The SMILES string of the molecule is CN(c1ncccc1CNc1c(C#N)cnc2[nH]c(-c3ccc4c(c3)CC(=O)C4)cc12)S(C)(=O)=O. The molecule has 1 aliphatic carbocycles. The first-order valence-electron chi connectivity index (χ1n) is 10.9. The standard InChI is InChI=1S/C25H22N6O3S/c1-31(35(2,33)34)25-17(4-3-7-27-25)13-28-23-19(12-26)14-29-24-21(23)11-22(30-24)16-6-5-15-9-20(32)10-18(15)8-16/h3-8,11,14H,9-10,13H2,1-2H3,(H2,28,29,30). The Labute approximate surface area is 202 Å². The molecule has 3 heterocycles. The predicted molar refractivity (Wildman–Crippen MR) is 133 cm³/mol. The van der Waals surface area contributed by atoms with Crippen molar-refractivity contribution in [3.05, 3.63) is 71.0 Å². The number of hydrogen-bond acceptors (Lipinski definition) is 7. The van der Waals surface area contributed by atoms with Crippen molar-refractivity contribution in [2.75, 3.05) is 22.9 Å². The van der Waals surface area contributed by atoms with E-state index in [0.717, 1.165) is 38.3 Å². The Morgan fingerprint density at radius 1 is 1.17 bits per heavy atom. The van der Waals surface area contributed by atoms with Gasteiger partial charge in [-0.25, -0.2) is 18.4 Å². The summed E-state index contributed by atoms with van der Waals surface area (Å²) in [5, 5.41) is 13.7. The van der Waals surface area contributed by atoms with Gasteiger partial charge in [-0.1, -0.05) is 18.2 Å². The molecule has 0 spiro atoms. The lowest BCUT2D eigenvalue weighted by Gasteiger charge is -2.19. The van der Waals surface area contributed by atoms with Gasteiger partial charge in [-0.2, -0.15) is 5.26 Å². The third-order valence-electron chi connectivity index (χ3n) is 6.19. The summed E-state index contributed by atoms with van der Waals surface area (Å²) in [6.45, 7) is 0.248. The highest BCUT2D eigenvalue weighted by molar-refractivity contribution is 7.92. The van der Waals surface area contributed by atoms with Gasteiger partial charge in [0, 0.05) is 55.5 Å². The summed E-state index contributed by atoms with van der Waals surface area (Å²) in [7, 11) is -2.04. The smallest absolute Gasteiger partial charge is 0.233 e. The summed E-state index contributed by atoms with van der Waals surface area (Å²) < 4.78 is 25.2. The van der Waals surface area contributed by atoms with Crippen LogP contribution < -0.4 is 9.62 Å². The normalized spacial score (nSPS) is 13.0. The Balaban J connectivity index is 1.51. The van der Waals surface area contributed by atoms with Crippen molar-refractivity contribution in [2.45, 2.75) is 19.4 Å². The maximum atomic E-state index is 12.1. The summed E-state index contributed by atoms with van der Waals surface area (Å²) in [5.41, 5.74) is 6.09. The molecule has 10 heteroatoms. The Bertz CT molecular complexity index is 1630. The van der Waals surface area contributed by atoms with Gasteiger partial charge in [0.1, 0.15) is 23.3 Å². The number of Topliss-reactive ketones (excluding diaryl/α,β-unsaturated/α-hetero) is 1. The Kier molecular flexibility index (Phi) is 5.49. The number of aromatic nitrogens is 3. The van der Waals surface area contributed by atoms with Crippen molar-refractivity contribution < 1.29 is 13.2 Å². The summed E-state index contributed by atoms with van der Waals surface area (Å²) in [5.74, 6) is 0.533. The second-order valence-electron chi connectivity index (χ2n) is 8.55. The van der Waals surface area contributed by atoms with E-state index in [1.807, 2.05) is 24.3 Å². The van der Waals surface area contributed by atoms with Crippen LogP contribution in [-0.4, -0.2) is 42.5 Å². The van der Waals surface area contributed by atoms with Crippen LogP contribution in [0.25, 0.3) is 22.3 Å². The maximum absolute atomic E-state index is 12.1. The number of nitrogens with zero attached hydrogens (tertiary/aromatic N) is 4. The molecule has 0 amide bonds. The number of nitriles is 1. The molecule has 3 aromatic heterocycles. The Morgan fingerprint density at radius 3 is 2.74 bits per heavy atom. The number of rotatable bonds is 6. The lowest BCUT2D eigenvalue weighted by Crippen LogP contribution is -2.27. The van der Waals surface area contributed by atoms with Crippen LogP contribution in [0.5, 0.6) is 0 Å². The van der Waals surface area contributed by atoms with E-state index in [2.05, 4.69) is 26.3 Å². The maximum Gasteiger partial charge on any atom is 0.233 e. The van der Waals surface area contributed by atoms with Crippen LogP contribution in [0, 0.1) is 11.3 Å². The summed E-state index contributed by atoms with van der Waals surface area (Å²) >= 11 is 0. The molecule has 0 saturated heterocycles. The van der Waals surface area contributed by atoms with E-state index in [1.165, 1.54) is 19.4 Å². The van der Waals surface area contributed by atoms with E-state index in [-0.39, 0.29) is 12.3 Å². The molecule has 0 fully saturated rings. The molecule has 0 radical (unpaired) electrons. The largest absolute Gasteiger partial charge is 0.379 e. The fourth-order valence-corrected chi connectivity index (χ4v) is 4.79. The molecule has 35 heavy (non-hydrogen) atoms. The highest BCUT2D eigenvalue weighted by atomic mass is 32.2. The molecular weight excluding hydrogens is 464 g/mol. The average molecular weight is 487 g/mol. The molecule has 4 aromatic rings. The average Bonchev–Trinajstić information content (AvgIpc) is 3.43. The van der Waals surface area contributed by atoms with Gasteiger partial charge in [0.2, 0.25) is 10.0 Å². The van der Waals surface area contributed by atoms with E-state index in [4.69, 9.17) is 0 Å². The van der Waals surface area contributed by atoms with E-state index in [1.54, 1.807) is 12.1 Å². The van der Waals surface area contributed by atoms with Crippen LogP contribution in [0.4, 0.5) is 11.5 Å². The first kappa shape index (κ1) is 22.6. The van der Waals surface area contributed by atoms with E-state index < -0.39 is 10.0 Å². The second kappa shape index (κ2) is 8.52. The molecule has 0 unspecified atom stereocenters. The molecule has 1 aliphatic rings. The lowest BCUT2D eigenvalue weighted by molar-refractivity contribution is -0.117. The third kappa shape index (κ3) is 4.22. The van der Waals surface area contributed by atoms with Crippen LogP contribution in [0.15, 0.2) is 48.8 Å². The third-order valence-corrected chi connectivity index (χ3v) is 7.36. The van der Waals surface area contributed by atoms with Crippen LogP contribution in [0.2, 0.25) is 0 Å². The summed E-state index contributed by atoms with van der Waals surface area (Å²) in [4.78, 5) is 23.8. The van der Waals surface area contributed by atoms with Crippen LogP contribution in [0.3, 0.4) is 0 Å².